The van der Waals surface area contributed by atoms with Crippen LogP contribution in [0.4, 0.5) is 4.79 Å². The molecule has 0 aromatic carbocycles. The smallest absolute Gasteiger partial charge is 0.410 e. The second-order valence-electron chi connectivity index (χ2n) is 4.27. The van der Waals surface area contributed by atoms with E-state index in [9.17, 15) is 4.79 Å². The first-order chi connectivity index (χ1) is 8.29. The molecule has 1 atom stereocenters. The Bertz CT molecular complexity index is 310. The van der Waals surface area contributed by atoms with Crippen molar-refractivity contribution in [3.05, 3.63) is 0 Å². The first-order valence-corrected chi connectivity index (χ1v) is 5.92. The van der Waals surface area contributed by atoms with Gasteiger partial charge in [-0.3, -0.25) is 4.90 Å². The normalized spacial score (nSPS) is 25.7. The van der Waals surface area contributed by atoms with Gasteiger partial charge in [-0.2, -0.15) is 5.26 Å². The third-order valence-electron chi connectivity index (χ3n) is 3.06. The molecule has 0 spiro atoms. The summed E-state index contributed by atoms with van der Waals surface area (Å²) in [5.41, 5.74) is 0. The van der Waals surface area contributed by atoms with E-state index in [-0.39, 0.29) is 18.6 Å². The van der Waals surface area contributed by atoms with E-state index in [1.807, 2.05) is 6.07 Å². The Balaban J connectivity index is 1.72. The minimum Gasteiger partial charge on any atom is -0.443 e. The fourth-order valence-electron chi connectivity index (χ4n) is 2.05. The summed E-state index contributed by atoms with van der Waals surface area (Å²) in [6.07, 6.45) is -0.268. The van der Waals surface area contributed by atoms with Crippen molar-refractivity contribution in [3.8, 4) is 6.07 Å². The van der Waals surface area contributed by atoms with Crippen molar-refractivity contribution in [3.63, 3.8) is 0 Å². The molecule has 2 rings (SSSR count). The molecule has 0 N–H and O–H groups in total. The van der Waals surface area contributed by atoms with Crippen LogP contribution in [0.5, 0.6) is 0 Å². The van der Waals surface area contributed by atoms with Gasteiger partial charge < -0.3 is 14.4 Å². The Kier molecular flexibility index (Phi) is 4.18. The quantitative estimate of drug-likeness (QED) is 0.693. The molecule has 0 aromatic rings. The molecule has 2 aliphatic heterocycles. The molecule has 6 nitrogen and oxygen atoms in total. The molecule has 2 aliphatic rings. The molecule has 2 heterocycles. The van der Waals surface area contributed by atoms with Gasteiger partial charge in [0.05, 0.1) is 32.2 Å². The number of ether oxygens (including phenoxy) is 2. The molecule has 0 bridgehead atoms. The maximum atomic E-state index is 11.5. The van der Waals surface area contributed by atoms with Gasteiger partial charge in [0.15, 0.2) is 0 Å². The molecular weight excluding hydrogens is 222 g/mol. The standard InChI is InChI=1S/C11H17N3O3/c12-2-1-10-9-14(11(15)17-10)4-3-13-5-7-16-8-6-13/h10H,1,3-9H2. The van der Waals surface area contributed by atoms with Crippen molar-refractivity contribution < 1.29 is 14.3 Å². The number of rotatable bonds is 4. The number of morpholine rings is 1. The molecule has 94 valence electrons. The number of nitrogens with zero attached hydrogens (tertiary/aromatic N) is 3. The second kappa shape index (κ2) is 5.84. The average Bonchev–Trinajstić information content (AvgIpc) is 2.69. The number of carbonyl (C=O) groups excluding carboxylic acids is 1. The predicted octanol–water partition coefficient (Wildman–Crippen LogP) is 0.0531. The van der Waals surface area contributed by atoms with Gasteiger partial charge >= 0.3 is 6.09 Å². The van der Waals surface area contributed by atoms with Gasteiger partial charge in [-0.15, -0.1) is 0 Å². The van der Waals surface area contributed by atoms with Gasteiger partial charge in [-0.25, -0.2) is 4.79 Å². The molecule has 0 saturated carbocycles. The van der Waals surface area contributed by atoms with Gasteiger partial charge in [0, 0.05) is 26.2 Å². The number of cyclic esters (lactones) is 1. The van der Waals surface area contributed by atoms with E-state index < -0.39 is 0 Å². The lowest BCUT2D eigenvalue weighted by Crippen LogP contribution is -2.41. The van der Waals surface area contributed by atoms with Crippen LogP contribution in [0.15, 0.2) is 0 Å². The minimum absolute atomic E-state index is 0.253. The topological polar surface area (TPSA) is 65.8 Å². The number of nitriles is 1. The SMILES string of the molecule is N#CCC1CN(CCN2CCOCC2)C(=O)O1. The maximum Gasteiger partial charge on any atom is 0.410 e. The van der Waals surface area contributed by atoms with Gasteiger partial charge in [-0.1, -0.05) is 0 Å². The van der Waals surface area contributed by atoms with Crippen LogP contribution in [-0.2, 0) is 9.47 Å². The van der Waals surface area contributed by atoms with E-state index >= 15 is 0 Å². The summed E-state index contributed by atoms with van der Waals surface area (Å²) in [6.45, 7) is 5.42. The third kappa shape index (κ3) is 3.32. The molecule has 2 fully saturated rings. The van der Waals surface area contributed by atoms with Gasteiger partial charge in [0.25, 0.3) is 0 Å². The molecule has 0 aliphatic carbocycles. The van der Waals surface area contributed by atoms with Crippen molar-refractivity contribution >= 4 is 6.09 Å². The molecule has 2 saturated heterocycles. The Morgan fingerprint density at radius 3 is 2.82 bits per heavy atom. The monoisotopic (exact) mass is 239 g/mol. The van der Waals surface area contributed by atoms with Crippen molar-refractivity contribution in [1.82, 2.24) is 9.80 Å². The summed E-state index contributed by atoms with van der Waals surface area (Å²) in [4.78, 5) is 15.4. The highest BCUT2D eigenvalue weighted by molar-refractivity contribution is 5.69. The minimum atomic E-state index is -0.293. The van der Waals surface area contributed by atoms with E-state index in [1.54, 1.807) is 4.90 Å². The van der Waals surface area contributed by atoms with Crippen LogP contribution >= 0.6 is 0 Å². The highest BCUT2D eigenvalue weighted by Gasteiger charge is 2.30. The molecule has 17 heavy (non-hydrogen) atoms. The molecule has 0 aromatic heterocycles. The van der Waals surface area contributed by atoms with Crippen LogP contribution in [-0.4, -0.2) is 67.9 Å². The Morgan fingerprint density at radius 2 is 2.12 bits per heavy atom. The number of amides is 1. The van der Waals surface area contributed by atoms with E-state index in [0.717, 1.165) is 32.8 Å². The molecule has 1 unspecified atom stereocenters. The van der Waals surface area contributed by atoms with Gasteiger partial charge in [-0.05, 0) is 0 Å². The van der Waals surface area contributed by atoms with Crippen LogP contribution in [0.25, 0.3) is 0 Å². The lowest BCUT2D eigenvalue weighted by Gasteiger charge is -2.27. The fraction of sp³-hybridized carbons (Fsp3) is 0.818. The summed E-state index contributed by atoms with van der Waals surface area (Å²) >= 11 is 0. The highest BCUT2D eigenvalue weighted by Crippen LogP contribution is 2.13. The van der Waals surface area contributed by atoms with Crippen LogP contribution in [0.1, 0.15) is 6.42 Å². The zero-order chi connectivity index (χ0) is 12.1. The van der Waals surface area contributed by atoms with E-state index in [4.69, 9.17) is 14.7 Å². The second-order valence-corrected chi connectivity index (χ2v) is 4.27. The zero-order valence-electron chi connectivity index (χ0n) is 9.80. The Labute approximate surface area is 101 Å². The van der Waals surface area contributed by atoms with E-state index in [1.165, 1.54) is 0 Å². The lowest BCUT2D eigenvalue weighted by atomic mass is 10.3. The van der Waals surface area contributed by atoms with Gasteiger partial charge in [0.2, 0.25) is 0 Å². The summed E-state index contributed by atoms with van der Waals surface area (Å²) < 4.78 is 10.3. The van der Waals surface area contributed by atoms with Crippen LogP contribution in [0.2, 0.25) is 0 Å². The zero-order valence-corrected chi connectivity index (χ0v) is 9.80. The van der Waals surface area contributed by atoms with Crippen LogP contribution < -0.4 is 0 Å². The first kappa shape index (κ1) is 12.1. The van der Waals surface area contributed by atoms with Crippen molar-refractivity contribution in [2.75, 3.05) is 45.9 Å². The number of hydrogen-bond acceptors (Lipinski definition) is 5. The van der Waals surface area contributed by atoms with Crippen molar-refractivity contribution in [2.45, 2.75) is 12.5 Å². The van der Waals surface area contributed by atoms with Crippen molar-refractivity contribution in [2.24, 2.45) is 0 Å². The molecule has 0 radical (unpaired) electrons. The van der Waals surface area contributed by atoms with Crippen LogP contribution in [0.3, 0.4) is 0 Å². The lowest BCUT2D eigenvalue weighted by molar-refractivity contribution is 0.0353. The summed E-state index contributed by atoms with van der Waals surface area (Å²) in [5.74, 6) is 0. The summed E-state index contributed by atoms with van der Waals surface area (Å²) in [6, 6.07) is 2.03. The fourth-order valence-corrected chi connectivity index (χ4v) is 2.05. The molecule has 1 amide bonds. The largest absolute Gasteiger partial charge is 0.443 e. The first-order valence-electron chi connectivity index (χ1n) is 5.92. The number of hydrogen-bond donors (Lipinski definition) is 0. The molecule has 6 heteroatoms. The van der Waals surface area contributed by atoms with Crippen LogP contribution in [0, 0.1) is 11.3 Å². The number of carbonyl (C=O) groups is 1. The third-order valence-corrected chi connectivity index (χ3v) is 3.06. The average molecular weight is 239 g/mol. The highest BCUT2D eigenvalue weighted by atomic mass is 16.6. The summed E-state index contributed by atoms with van der Waals surface area (Å²) in [5, 5.41) is 8.55. The predicted molar refractivity (Wildman–Crippen MR) is 59.3 cm³/mol. The summed E-state index contributed by atoms with van der Waals surface area (Å²) in [7, 11) is 0. The van der Waals surface area contributed by atoms with E-state index in [2.05, 4.69) is 4.90 Å². The van der Waals surface area contributed by atoms with Gasteiger partial charge in [0.1, 0.15) is 6.10 Å². The van der Waals surface area contributed by atoms with Crippen molar-refractivity contribution in [1.29, 1.82) is 5.26 Å². The Morgan fingerprint density at radius 1 is 1.35 bits per heavy atom. The Hall–Kier alpha value is -1.32. The molecular formula is C11H17N3O3. The maximum absolute atomic E-state index is 11.5. The van der Waals surface area contributed by atoms with E-state index in [0.29, 0.717) is 13.1 Å².